The molecule has 0 aliphatic heterocycles. The van der Waals surface area contributed by atoms with Crippen molar-refractivity contribution >= 4 is 11.8 Å². The number of methoxy groups -OCH3 is 1. The molecule has 1 heterocycles. The first-order chi connectivity index (χ1) is 10.2. The highest BCUT2D eigenvalue weighted by molar-refractivity contribution is 7.99. The van der Waals surface area contributed by atoms with E-state index in [1.165, 1.54) is 16.0 Å². The lowest BCUT2D eigenvalue weighted by molar-refractivity contribution is 0.199. The molecule has 0 bridgehead atoms. The number of aromatic nitrogens is 2. The molecule has 0 unspecified atom stereocenters. The average molecular weight is 303 g/mol. The molecule has 21 heavy (non-hydrogen) atoms. The second-order valence-corrected chi connectivity index (χ2v) is 5.86. The summed E-state index contributed by atoms with van der Waals surface area (Å²) in [5.41, 5.74) is 3.51. The summed E-state index contributed by atoms with van der Waals surface area (Å²) >= 11 is 1.61. The van der Waals surface area contributed by atoms with Crippen LogP contribution in [0.4, 0.5) is 0 Å². The van der Waals surface area contributed by atoms with Crippen molar-refractivity contribution in [1.82, 2.24) is 15.3 Å². The Morgan fingerprint density at radius 3 is 2.81 bits per heavy atom. The van der Waals surface area contributed by atoms with E-state index in [1.54, 1.807) is 25.1 Å². The third-order valence-corrected chi connectivity index (χ3v) is 4.08. The lowest BCUT2D eigenvalue weighted by atomic mass is 10.1. The molecule has 0 saturated carbocycles. The smallest absolute Gasteiger partial charge is 0.192 e. The molecule has 1 aromatic carbocycles. The molecular formula is C16H21N3OS. The molecule has 2 aromatic rings. The average Bonchev–Trinajstić information content (AvgIpc) is 2.46. The SMILES string of the molecule is COCCNCc1ccc(Sc2nccc(C)n2)c(C)c1. The van der Waals surface area contributed by atoms with Crippen LogP contribution in [0.3, 0.4) is 0 Å². The predicted molar refractivity (Wildman–Crippen MR) is 85.7 cm³/mol. The van der Waals surface area contributed by atoms with Gasteiger partial charge in [-0.3, -0.25) is 0 Å². The van der Waals surface area contributed by atoms with Crippen LogP contribution in [0.2, 0.25) is 0 Å². The highest BCUT2D eigenvalue weighted by Gasteiger charge is 2.05. The highest BCUT2D eigenvalue weighted by Crippen LogP contribution is 2.28. The van der Waals surface area contributed by atoms with E-state index in [2.05, 4.69) is 40.4 Å². The van der Waals surface area contributed by atoms with Gasteiger partial charge in [-0.15, -0.1) is 0 Å². The van der Waals surface area contributed by atoms with E-state index < -0.39 is 0 Å². The van der Waals surface area contributed by atoms with Crippen LogP contribution in [0.5, 0.6) is 0 Å². The first kappa shape index (κ1) is 15.9. The van der Waals surface area contributed by atoms with E-state index in [4.69, 9.17) is 4.74 Å². The van der Waals surface area contributed by atoms with Gasteiger partial charge in [-0.1, -0.05) is 12.1 Å². The van der Waals surface area contributed by atoms with Crippen LogP contribution >= 0.6 is 11.8 Å². The fraction of sp³-hybridized carbons (Fsp3) is 0.375. The standard InChI is InChI=1S/C16H21N3OS/c1-12-10-14(11-17-8-9-20-3)4-5-15(12)21-16-18-7-6-13(2)19-16/h4-7,10,17H,8-9,11H2,1-3H3. The van der Waals surface area contributed by atoms with Gasteiger partial charge in [0.15, 0.2) is 5.16 Å². The molecule has 0 aliphatic rings. The third-order valence-electron chi connectivity index (χ3n) is 3.03. The predicted octanol–water partition coefficient (Wildman–Crippen LogP) is 2.98. The van der Waals surface area contributed by atoms with Crippen LogP contribution in [0.25, 0.3) is 0 Å². The second kappa shape index (κ2) is 8.12. The first-order valence-corrected chi connectivity index (χ1v) is 7.77. The Hall–Kier alpha value is -1.43. The Kier molecular flexibility index (Phi) is 6.17. The second-order valence-electron chi connectivity index (χ2n) is 4.85. The van der Waals surface area contributed by atoms with E-state index in [1.807, 2.05) is 13.0 Å². The van der Waals surface area contributed by atoms with Crippen molar-refractivity contribution in [2.75, 3.05) is 20.3 Å². The van der Waals surface area contributed by atoms with Crippen molar-refractivity contribution in [3.05, 3.63) is 47.3 Å². The summed E-state index contributed by atoms with van der Waals surface area (Å²) in [4.78, 5) is 9.92. The van der Waals surface area contributed by atoms with Crippen molar-refractivity contribution in [3.63, 3.8) is 0 Å². The fourth-order valence-corrected chi connectivity index (χ4v) is 2.77. The van der Waals surface area contributed by atoms with E-state index in [-0.39, 0.29) is 0 Å². The van der Waals surface area contributed by atoms with Crippen molar-refractivity contribution in [2.24, 2.45) is 0 Å². The van der Waals surface area contributed by atoms with Crippen LogP contribution in [0, 0.1) is 13.8 Å². The van der Waals surface area contributed by atoms with Gasteiger partial charge in [0.2, 0.25) is 0 Å². The number of hydrogen-bond donors (Lipinski definition) is 1. The lowest BCUT2D eigenvalue weighted by Gasteiger charge is -2.09. The zero-order valence-electron chi connectivity index (χ0n) is 12.7. The van der Waals surface area contributed by atoms with Gasteiger partial charge in [0, 0.05) is 37.0 Å². The van der Waals surface area contributed by atoms with Crippen molar-refractivity contribution in [1.29, 1.82) is 0 Å². The molecule has 5 heteroatoms. The molecule has 0 saturated heterocycles. The largest absolute Gasteiger partial charge is 0.383 e. The Labute approximate surface area is 130 Å². The summed E-state index contributed by atoms with van der Waals surface area (Å²) in [5.74, 6) is 0. The molecule has 0 fully saturated rings. The van der Waals surface area contributed by atoms with Crippen LogP contribution in [-0.2, 0) is 11.3 Å². The maximum atomic E-state index is 5.02. The van der Waals surface area contributed by atoms with Gasteiger partial charge in [0.1, 0.15) is 0 Å². The van der Waals surface area contributed by atoms with E-state index >= 15 is 0 Å². The number of benzene rings is 1. The molecule has 0 atom stereocenters. The van der Waals surface area contributed by atoms with Crippen LogP contribution in [-0.4, -0.2) is 30.2 Å². The number of rotatable bonds is 7. The zero-order valence-corrected chi connectivity index (χ0v) is 13.5. The Bertz CT molecular complexity index is 589. The van der Waals surface area contributed by atoms with Crippen LogP contribution in [0.1, 0.15) is 16.8 Å². The van der Waals surface area contributed by atoms with Crippen molar-refractivity contribution in [2.45, 2.75) is 30.4 Å². The zero-order chi connectivity index (χ0) is 15.1. The molecule has 0 radical (unpaired) electrons. The molecular weight excluding hydrogens is 282 g/mol. The van der Waals surface area contributed by atoms with E-state index in [0.717, 1.165) is 30.5 Å². The van der Waals surface area contributed by atoms with Gasteiger partial charge in [-0.25, -0.2) is 9.97 Å². The molecule has 2 rings (SSSR count). The van der Waals surface area contributed by atoms with Crippen LogP contribution < -0.4 is 5.32 Å². The Morgan fingerprint density at radius 2 is 2.10 bits per heavy atom. The summed E-state index contributed by atoms with van der Waals surface area (Å²) in [5, 5.41) is 4.15. The number of aryl methyl sites for hydroxylation is 2. The van der Waals surface area contributed by atoms with Crippen molar-refractivity contribution < 1.29 is 4.74 Å². The summed E-state index contributed by atoms with van der Waals surface area (Å²) in [6.07, 6.45) is 1.80. The van der Waals surface area contributed by atoms with Crippen molar-refractivity contribution in [3.8, 4) is 0 Å². The summed E-state index contributed by atoms with van der Waals surface area (Å²) in [6.45, 7) is 6.56. The fourth-order valence-electron chi connectivity index (χ4n) is 1.92. The van der Waals surface area contributed by atoms with Gasteiger partial charge in [0.05, 0.1) is 6.61 Å². The maximum Gasteiger partial charge on any atom is 0.192 e. The normalized spacial score (nSPS) is 10.8. The number of ether oxygens (including phenoxy) is 1. The molecule has 0 amide bonds. The Balaban J connectivity index is 1.98. The van der Waals surface area contributed by atoms with Gasteiger partial charge < -0.3 is 10.1 Å². The minimum absolute atomic E-state index is 0.734. The topological polar surface area (TPSA) is 47.0 Å². The third kappa shape index (κ3) is 5.12. The van der Waals surface area contributed by atoms with Gasteiger partial charge in [-0.2, -0.15) is 0 Å². The van der Waals surface area contributed by atoms with Crippen LogP contribution in [0.15, 0.2) is 40.5 Å². The molecule has 0 aliphatic carbocycles. The molecule has 0 spiro atoms. The lowest BCUT2D eigenvalue weighted by Crippen LogP contribution is -2.18. The van der Waals surface area contributed by atoms with Gasteiger partial charge >= 0.3 is 0 Å². The van der Waals surface area contributed by atoms with Gasteiger partial charge in [-0.05, 0) is 48.9 Å². The number of hydrogen-bond acceptors (Lipinski definition) is 5. The molecule has 112 valence electrons. The first-order valence-electron chi connectivity index (χ1n) is 6.95. The number of nitrogens with zero attached hydrogens (tertiary/aromatic N) is 2. The molecule has 4 nitrogen and oxygen atoms in total. The minimum atomic E-state index is 0.734. The van der Waals surface area contributed by atoms with E-state index in [9.17, 15) is 0 Å². The summed E-state index contributed by atoms with van der Waals surface area (Å²) in [6, 6.07) is 8.40. The summed E-state index contributed by atoms with van der Waals surface area (Å²) in [7, 11) is 1.71. The number of nitrogens with one attached hydrogen (secondary N) is 1. The Morgan fingerprint density at radius 1 is 1.24 bits per heavy atom. The van der Waals surface area contributed by atoms with Gasteiger partial charge in [0.25, 0.3) is 0 Å². The van der Waals surface area contributed by atoms with E-state index in [0.29, 0.717) is 0 Å². The highest BCUT2D eigenvalue weighted by atomic mass is 32.2. The quantitative estimate of drug-likeness (QED) is 0.629. The minimum Gasteiger partial charge on any atom is -0.383 e. The molecule has 1 aromatic heterocycles. The molecule has 1 N–H and O–H groups in total. The maximum absolute atomic E-state index is 5.02. The monoisotopic (exact) mass is 303 g/mol. The summed E-state index contributed by atoms with van der Waals surface area (Å²) < 4.78 is 5.02.